The molecule has 3 fully saturated rings. The molecule has 3 N–H and O–H groups in total. The predicted molar refractivity (Wildman–Crippen MR) is 101 cm³/mol. The van der Waals surface area contributed by atoms with Gasteiger partial charge in [-0.1, -0.05) is 32.9 Å². The Hall–Kier alpha value is -1.01. The van der Waals surface area contributed by atoms with Crippen LogP contribution in [-0.2, 0) is 9.53 Å². The third-order valence-electron chi connectivity index (χ3n) is 8.90. The second kappa shape index (κ2) is 5.53. The Kier molecular flexibility index (Phi) is 3.96. The highest BCUT2D eigenvalue weighted by atomic mass is 16.5. The first-order valence-electron chi connectivity index (χ1n) is 10.0. The number of fused-ring (bicyclic) bond motifs is 5. The van der Waals surface area contributed by atoms with Crippen molar-refractivity contribution in [2.24, 2.45) is 22.2 Å². The molecule has 0 spiro atoms. The molecule has 4 aliphatic rings. The van der Waals surface area contributed by atoms with Crippen LogP contribution in [0.3, 0.4) is 0 Å². The molecule has 5 heteroatoms. The zero-order valence-electron chi connectivity index (χ0n) is 16.8. The fraction of sp³-hybridized carbons (Fsp3) is 0.773. The van der Waals surface area contributed by atoms with Gasteiger partial charge in [-0.15, -0.1) is 0 Å². The SMILES string of the molecule is C=C1C(O)C2=C(C)CC[C@@](O)(CC3C1(C)[C@@H](O)CC1OC[C@]13C=O)C2(C)C. The number of hydrogen-bond donors (Lipinski definition) is 3. The van der Waals surface area contributed by atoms with Crippen LogP contribution in [0.2, 0.25) is 0 Å². The van der Waals surface area contributed by atoms with E-state index in [9.17, 15) is 20.1 Å². The zero-order chi connectivity index (χ0) is 20.0. The van der Waals surface area contributed by atoms with Gasteiger partial charge >= 0.3 is 0 Å². The van der Waals surface area contributed by atoms with Crippen LogP contribution in [0.1, 0.15) is 53.4 Å². The molecule has 2 saturated carbocycles. The van der Waals surface area contributed by atoms with E-state index in [2.05, 4.69) is 6.58 Å². The summed E-state index contributed by atoms with van der Waals surface area (Å²) in [5.41, 5.74) is -0.864. The van der Waals surface area contributed by atoms with Crippen molar-refractivity contribution in [3.63, 3.8) is 0 Å². The molecule has 1 heterocycles. The van der Waals surface area contributed by atoms with E-state index in [1.165, 1.54) is 0 Å². The first kappa shape index (κ1) is 19.3. The Bertz CT molecular complexity index is 739. The largest absolute Gasteiger partial charge is 0.392 e. The number of aldehydes is 1. The summed E-state index contributed by atoms with van der Waals surface area (Å²) in [4.78, 5) is 12.3. The van der Waals surface area contributed by atoms with Crippen LogP contribution in [0, 0.1) is 22.2 Å². The van der Waals surface area contributed by atoms with Crippen molar-refractivity contribution in [2.75, 3.05) is 6.61 Å². The summed E-state index contributed by atoms with van der Waals surface area (Å²) in [6.45, 7) is 12.4. The maximum absolute atomic E-state index is 12.3. The summed E-state index contributed by atoms with van der Waals surface area (Å²) in [5.74, 6) is -0.337. The van der Waals surface area contributed by atoms with Crippen molar-refractivity contribution in [3.05, 3.63) is 23.3 Å². The second-order valence-corrected chi connectivity index (χ2v) is 10.1. The number of carbonyl (C=O) groups excluding carboxylic acids is 1. The molecule has 1 saturated heterocycles. The molecule has 1 aliphatic heterocycles. The quantitative estimate of drug-likeness (QED) is 0.482. The van der Waals surface area contributed by atoms with E-state index in [0.29, 0.717) is 37.9 Å². The molecule has 2 bridgehead atoms. The predicted octanol–water partition coefficient (Wildman–Crippen LogP) is 2.15. The van der Waals surface area contributed by atoms with Gasteiger partial charge in [0.05, 0.1) is 35.9 Å². The van der Waals surface area contributed by atoms with E-state index in [4.69, 9.17) is 4.74 Å². The zero-order valence-corrected chi connectivity index (χ0v) is 16.8. The van der Waals surface area contributed by atoms with Crippen LogP contribution in [0.5, 0.6) is 0 Å². The Morgan fingerprint density at radius 1 is 1.26 bits per heavy atom. The molecule has 0 aromatic heterocycles. The Labute approximate surface area is 161 Å². The third kappa shape index (κ3) is 2.06. The number of hydrogen-bond acceptors (Lipinski definition) is 5. The Balaban J connectivity index is 1.96. The summed E-state index contributed by atoms with van der Waals surface area (Å²) < 4.78 is 5.66. The molecule has 3 aliphatic carbocycles. The molecule has 5 nitrogen and oxygen atoms in total. The van der Waals surface area contributed by atoms with Gasteiger partial charge in [-0.3, -0.25) is 0 Å². The van der Waals surface area contributed by atoms with Crippen molar-refractivity contribution in [1.82, 2.24) is 0 Å². The molecule has 27 heavy (non-hydrogen) atoms. The number of rotatable bonds is 1. The third-order valence-corrected chi connectivity index (χ3v) is 8.90. The van der Waals surface area contributed by atoms with Gasteiger partial charge in [0, 0.05) is 17.3 Å². The molecule has 0 radical (unpaired) electrons. The van der Waals surface area contributed by atoms with Crippen LogP contribution < -0.4 is 0 Å². The van der Waals surface area contributed by atoms with E-state index in [-0.39, 0.29) is 12.0 Å². The minimum Gasteiger partial charge on any atom is -0.392 e. The fourth-order valence-electron chi connectivity index (χ4n) is 6.64. The maximum atomic E-state index is 12.3. The maximum Gasteiger partial charge on any atom is 0.131 e. The molecule has 0 aromatic rings. The summed E-state index contributed by atoms with van der Waals surface area (Å²) in [7, 11) is 0. The van der Waals surface area contributed by atoms with Crippen LogP contribution in [-0.4, -0.2) is 52.1 Å². The smallest absolute Gasteiger partial charge is 0.131 e. The van der Waals surface area contributed by atoms with E-state index < -0.39 is 34.1 Å². The summed E-state index contributed by atoms with van der Waals surface area (Å²) in [6, 6.07) is 0. The Morgan fingerprint density at radius 3 is 2.48 bits per heavy atom. The van der Waals surface area contributed by atoms with Crippen LogP contribution >= 0.6 is 0 Å². The molecular formula is C22H32O5. The highest BCUT2D eigenvalue weighted by Gasteiger charge is 2.69. The first-order valence-corrected chi connectivity index (χ1v) is 10.0. The van der Waals surface area contributed by atoms with Crippen molar-refractivity contribution < 1.29 is 24.9 Å². The monoisotopic (exact) mass is 376 g/mol. The lowest BCUT2D eigenvalue weighted by molar-refractivity contribution is -0.274. The van der Waals surface area contributed by atoms with Gasteiger partial charge in [0.2, 0.25) is 0 Å². The molecule has 0 aromatic carbocycles. The molecular weight excluding hydrogens is 344 g/mol. The van der Waals surface area contributed by atoms with Gasteiger partial charge in [0.25, 0.3) is 0 Å². The summed E-state index contributed by atoms with van der Waals surface area (Å²) >= 11 is 0. The van der Waals surface area contributed by atoms with Crippen LogP contribution in [0.15, 0.2) is 23.3 Å². The molecule has 150 valence electrons. The van der Waals surface area contributed by atoms with E-state index in [1.807, 2.05) is 27.7 Å². The van der Waals surface area contributed by atoms with Gasteiger partial charge in [0.15, 0.2) is 0 Å². The van der Waals surface area contributed by atoms with Crippen molar-refractivity contribution in [1.29, 1.82) is 0 Å². The lowest BCUT2D eigenvalue weighted by atomic mass is 9.43. The topological polar surface area (TPSA) is 87.0 Å². The minimum atomic E-state index is -1.07. The number of aliphatic hydroxyl groups is 3. The highest BCUT2D eigenvalue weighted by Crippen LogP contribution is 2.66. The number of aliphatic hydroxyl groups excluding tert-OH is 2. The average molecular weight is 376 g/mol. The van der Waals surface area contributed by atoms with Gasteiger partial charge in [-0.25, -0.2) is 0 Å². The first-order chi connectivity index (χ1) is 12.5. The van der Waals surface area contributed by atoms with Gasteiger partial charge in [-0.2, -0.15) is 0 Å². The molecule has 4 unspecified atom stereocenters. The number of carbonyl (C=O) groups is 1. The van der Waals surface area contributed by atoms with Crippen molar-refractivity contribution >= 4 is 6.29 Å². The lowest BCUT2D eigenvalue weighted by Gasteiger charge is -2.66. The minimum absolute atomic E-state index is 0.301. The number of allylic oxidation sites excluding steroid dienone is 1. The van der Waals surface area contributed by atoms with Crippen LogP contribution in [0.25, 0.3) is 0 Å². The van der Waals surface area contributed by atoms with Crippen molar-refractivity contribution in [3.8, 4) is 0 Å². The van der Waals surface area contributed by atoms with E-state index in [1.54, 1.807) is 0 Å². The average Bonchev–Trinajstić information content (AvgIpc) is 2.59. The van der Waals surface area contributed by atoms with Crippen LogP contribution in [0.4, 0.5) is 0 Å². The molecule has 0 amide bonds. The summed E-state index contributed by atoms with van der Waals surface area (Å²) in [6.07, 6.45) is 0.923. The Morgan fingerprint density at radius 2 is 1.93 bits per heavy atom. The van der Waals surface area contributed by atoms with Crippen molar-refractivity contribution in [2.45, 2.75) is 77.3 Å². The standard InChI is InChI=1S/C22H32O5/c1-12-6-7-22(26)9-14-20(5,13(2)18(25)17(12)19(22,3)4)15(24)8-16-21(14,10-23)11-27-16/h10,14-16,18,24-26H,2,6-9,11H2,1,3-5H3/t14?,15-,16?,18?,20?,21-,22+/m0/s1. The summed E-state index contributed by atoms with van der Waals surface area (Å²) in [5, 5.41) is 34.3. The second-order valence-electron chi connectivity index (χ2n) is 10.1. The van der Waals surface area contributed by atoms with E-state index in [0.717, 1.165) is 17.4 Å². The van der Waals surface area contributed by atoms with Gasteiger partial charge in [0.1, 0.15) is 6.29 Å². The molecule has 4 rings (SSSR count). The van der Waals surface area contributed by atoms with E-state index >= 15 is 0 Å². The molecule has 7 atom stereocenters. The fourth-order valence-corrected chi connectivity index (χ4v) is 6.64. The lowest BCUT2D eigenvalue weighted by Crippen LogP contribution is -2.71. The van der Waals surface area contributed by atoms with Gasteiger partial charge in [-0.05, 0) is 43.3 Å². The number of ether oxygens (including phenoxy) is 1. The normalized spacial score (nSPS) is 51.4. The highest BCUT2D eigenvalue weighted by molar-refractivity contribution is 5.65. The van der Waals surface area contributed by atoms with Gasteiger partial charge < -0.3 is 24.9 Å².